The normalized spacial score (nSPS) is 10.6. The van der Waals surface area contributed by atoms with Crippen LogP contribution in [-0.4, -0.2) is 5.11 Å². The van der Waals surface area contributed by atoms with Gasteiger partial charge in [-0.1, -0.05) is 12.1 Å². The van der Waals surface area contributed by atoms with Crippen molar-refractivity contribution in [3.05, 3.63) is 36.1 Å². The van der Waals surface area contributed by atoms with Crippen molar-refractivity contribution in [2.75, 3.05) is 0 Å². The summed E-state index contributed by atoms with van der Waals surface area (Å²) in [5.74, 6) is 0. The van der Waals surface area contributed by atoms with E-state index in [0.717, 1.165) is 16.5 Å². The molecule has 0 bridgehead atoms. The molecule has 11 heavy (non-hydrogen) atoms. The van der Waals surface area contributed by atoms with Crippen LogP contribution in [0.15, 0.2) is 34.9 Å². The highest BCUT2D eigenvalue weighted by Gasteiger charge is 1.96. The largest absolute Gasteiger partial charge is 0.464 e. The summed E-state index contributed by atoms with van der Waals surface area (Å²) in [5.41, 5.74) is 1.71. The highest BCUT2D eigenvalue weighted by atomic mass is 16.3. The van der Waals surface area contributed by atoms with E-state index in [-0.39, 0.29) is 6.61 Å². The fourth-order valence-electron chi connectivity index (χ4n) is 1.10. The molecule has 0 aliphatic heterocycles. The first kappa shape index (κ1) is 6.43. The molecule has 0 unspecified atom stereocenters. The Hall–Kier alpha value is -1.28. The van der Waals surface area contributed by atoms with E-state index < -0.39 is 0 Å². The van der Waals surface area contributed by atoms with Gasteiger partial charge in [0.15, 0.2) is 0 Å². The summed E-state index contributed by atoms with van der Waals surface area (Å²) in [5, 5.41) is 9.86. The van der Waals surface area contributed by atoms with Crippen LogP contribution in [0.3, 0.4) is 0 Å². The molecule has 1 N–H and O–H groups in total. The van der Waals surface area contributed by atoms with Gasteiger partial charge in [-0.25, -0.2) is 0 Å². The van der Waals surface area contributed by atoms with E-state index in [1.807, 2.05) is 24.3 Å². The maximum Gasteiger partial charge on any atom is 0.134 e. The summed E-state index contributed by atoms with van der Waals surface area (Å²) in [7, 11) is 0. The number of rotatable bonds is 1. The molecule has 0 atom stereocenters. The van der Waals surface area contributed by atoms with E-state index in [1.165, 1.54) is 0 Å². The predicted molar refractivity (Wildman–Crippen MR) is 42.1 cm³/mol. The van der Waals surface area contributed by atoms with Gasteiger partial charge >= 0.3 is 0 Å². The lowest BCUT2D eigenvalue weighted by molar-refractivity contribution is 0.282. The second-order valence-electron chi connectivity index (χ2n) is 2.45. The Labute approximate surface area is 64.1 Å². The van der Waals surface area contributed by atoms with Crippen LogP contribution >= 0.6 is 0 Å². The lowest BCUT2D eigenvalue weighted by Gasteiger charge is -1.93. The Morgan fingerprint density at radius 3 is 3.00 bits per heavy atom. The minimum atomic E-state index is 0.0661. The highest BCUT2D eigenvalue weighted by Crippen LogP contribution is 2.16. The second-order valence-corrected chi connectivity index (χ2v) is 2.45. The van der Waals surface area contributed by atoms with E-state index in [4.69, 9.17) is 9.52 Å². The van der Waals surface area contributed by atoms with Crippen molar-refractivity contribution in [3.8, 4) is 0 Å². The number of benzene rings is 1. The number of aliphatic hydroxyl groups excluding tert-OH is 1. The maximum atomic E-state index is 8.79. The number of hydrogen-bond donors (Lipinski definition) is 1. The molecule has 1 heterocycles. The van der Waals surface area contributed by atoms with E-state index in [9.17, 15) is 0 Å². The molecule has 2 heteroatoms. The molecule has 1 aromatic carbocycles. The first-order chi connectivity index (χ1) is 5.40. The molecular weight excluding hydrogens is 140 g/mol. The van der Waals surface area contributed by atoms with Crippen LogP contribution in [-0.2, 0) is 6.61 Å². The maximum absolute atomic E-state index is 8.79. The van der Waals surface area contributed by atoms with Gasteiger partial charge in [-0.3, -0.25) is 0 Å². The van der Waals surface area contributed by atoms with Crippen LogP contribution in [0.1, 0.15) is 5.56 Å². The number of furan rings is 1. The lowest BCUT2D eigenvalue weighted by Crippen LogP contribution is -1.79. The summed E-state index contributed by atoms with van der Waals surface area (Å²) in [4.78, 5) is 0. The molecular formula is C9H8O2. The smallest absolute Gasteiger partial charge is 0.134 e. The van der Waals surface area contributed by atoms with Crippen molar-refractivity contribution >= 4 is 11.0 Å². The van der Waals surface area contributed by atoms with Crippen molar-refractivity contribution in [3.63, 3.8) is 0 Å². The summed E-state index contributed by atoms with van der Waals surface area (Å²) in [6, 6.07) is 7.56. The molecule has 0 aliphatic carbocycles. The minimum Gasteiger partial charge on any atom is -0.464 e. The average molecular weight is 148 g/mol. The van der Waals surface area contributed by atoms with Gasteiger partial charge < -0.3 is 9.52 Å². The fourth-order valence-corrected chi connectivity index (χ4v) is 1.10. The van der Waals surface area contributed by atoms with Gasteiger partial charge in [-0.05, 0) is 17.7 Å². The molecule has 0 saturated carbocycles. The van der Waals surface area contributed by atoms with Gasteiger partial charge in [0.05, 0.1) is 12.9 Å². The molecule has 0 aliphatic rings. The Morgan fingerprint density at radius 2 is 2.18 bits per heavy atom. The molecule has 0 fully saturated rings. The predicted octanol–water partition coefficient (Wildman–Crippen LogP) is 1.93. The van der Waals surface area contributed by atoms with Gasteiger partial charge in [0.25, 0.3) is 0 Å². The first-order valence-electron chi connectivity index (χ1n) is 3.47. The van der Waals surface area contributed by atoms with E-state index in [0.29, 0.717) is 0 Å². The van der Waals surface area contributed by atoms with Crippen LogP contribution in [0.5, 0.6) is 0 Å². The second kappa shape index (κ2) is 2.40. The highest BCUT2D eigenvalue weighted by molar-refractivity contribution is 5.77. The third-order valence-electron chi connectivity index (χ3n) is 1.70. The van der Waals surface area contributed by atoms with Gasteiger partial charge in [-0.15, -0.1) is 0 Å². The fraction of sp³-hybridized carbons (Fsp3) is 0.111. The molecule has 0 radical (unpaired) electrons. The van der Waals surface area contributed by atoms with Crippen LogP contribution in [0.25, 0.3) is 11.0 Å². The summed E-state index contributed by atoms with van der Waals surface area (Å²) in [6.07, 6.45) is 1.64. The molecule has 56 valence electrons. The molecule has 2 nitrogen and oxygen atoms in total. The Morgan fingerprint density at radius 1 is 1.27 bits per heavy atom. The zero-order valence-electron chi connectivity index (χ0n) is 5.95. The van der Waals surface area contributed by atoms with Crippen molar-refractivity contribution < 1.29 is 9.52 Å². The quantitative estimate of drug-likeness (QED) is 0.670. The van der Waals surface area contributed by atoms with Gasteiger partial charge in [0.1, 0.15) is 5.58 Å². The van der Waals surface area contributed by atoms with Crippen molar-refractivity contribution in [1.29, 1.82) is 0 Å². The summed E-state index contributed by atoms with van der Waals surface area (Å²) < 4.78 is 5.15. The third kappa shape index (κ3) is 1.01. The topological polar surface area (TPSA) is 33.4 Å². The van der Waals surface area contributed by atoms with E-state index >= 15 is 0 Å². The summed E-state index contributed by atoms with van der Waals surface area (Å²) in [6.45, 7) is 0.0661. The SMILES string of the molecule is OCc1ccc2ccoc2c1. The van der Waals surface area contributed by atoms with Crippen molar-refractivity contribution in [2.24, 2.45) is 0 Å². The molecule has 2 rings (SSSR count). The number of fused-ring (bicyclic) bond motifs is 1. The van der Waals surface area contributed by atoms with Crippen LogP contribution in [0, 0.1) is 0 Å². The standard InChI is InChI=1S/C9H8O2/c10-6-7-1-2-8-3-4-11-9(8)5-7/h1-5,10H,6H2. The monoisotopic (exact) mass is 148 g/mol. The third-order valence-corrected chi connectivity index (χ3v) is 1.70. The zero-order chi connectivity index (χ0) is 7.68. The summed E-state index contributed by atoms with van der Waals surface area (Å²) >= 11 is 0. The van der Waals surface area contributed by atoms with Gasteiger partial charge in [-0.2, -0.15) is 0 Å². The average Bonchev–Trinajstić information content (AvgIpc) is 2.50. The first-order valence-corrected chi connectivity index (χ1v) is 3.47. The Bertz CT molecular complexity index is 362. The molecule has 1 aromatic heterocycles. The van der Waals surface area contributed by atoms with Crippen LogP contribution in [0.2, 0.25) is 0 Å². The van der Waals surface area contributed by atoms with Gasteiger partial charge in [0, 0.05) is 5.39 Å². The van der Waals surface area contributed by atoms with Crippen LogP contribution in [0.4, 0.5) is 0 Å². The Kier molecular flexibility index (Phi) is 1.40. The molecule has 0 amide bonds. The molecule has 0 saturated heterocycles. The van der Waals surface area contributed by atoms with Crippen molar-refractivity contribution in [1.82, 2.24) is 0 Å². The van der Waals surface area contributed by atoms with E-state index in [1.54, 1.807) is 6.26 Å². The van der Waals surface area contributed by atoms with E-state index in [2.05, 4.69) is 0 Å². The van der Waals surface area contributed by atoms with Crippen molar-refractivity contribution in [2.45, 2.75) is 6.61 Å². The van der Waals surface area contributed by atoms with Crippen LogP contribution < -0.4 is 0 Å². The van der Waals surface area contributed by atoms with Gasteiger partial charge in [0.2, 0.25) is 0 Å². The minimum absolute atomic E-state index is 0.0661. The Balaban J connectivity index is 2.67. The number of hydrogen-bond acceptors (Lipinski definition) is 2. The molecule has 0 spiro atoms. The number of aliphatic hydroxyl groups is 1. The lowest BCUT2D eigenvalue weighted by atomic mass is 10.2. The molecule has 2 aromatic rings. The zero-order valence-corrected chi connectivity index (χ0v) is 5.95.